The average molecular weight is 529 g/mol. The van der Waals surface area contributed by atoms with E-state index >= 15 is 0 Å². The highest BCUT2D eigenvalue weighted by molar-refractivity contribution is 5.31. The number of nitrogens with two attached hydrogens (primary N) is 1. The van der Waals surface area contributed by atoms with Crippen molar-refractivity contribution in [2.24, 2.45) is 33.6 Å². The second-order valence-electron chi connectivity index (χ2n) is 12.9. The smallest absolute Gasteiger partial charge is 0.335 e. The lowest BCUT2D eigenvalue weighted by Gasteiger charge is -2.62. The number of rotatable bonds is 4. The third-order valence-electron chi connectivity index (χ3n) is 11.3. The van der Waals surface area contributed by atoms with Crippen molar-refractivity contribution in [2.45, 2.75) is 107 Å². The van der Waals surface area contributed by atoms with E-state index in [-0.39, 0.29) is 41.0 Å². The summed E-state index contributed by atoms with van der Waals surface area (Å²) in [6, 6.07) is 1.79. The van der Waals surface area contributed by atoms with Crippen LogP contribution in [0, 0.1) is 27.6 Å². The number of hydrogen-bond acceptors (Lipinski definition) is 9. The summed E-state index contributed by atoms with van der Waals surface area (Å²) in [5.41, 5.74) is 6.87. The summed E-state index contributed by atoms with van der Waals surface area (Å²) in [4.78, 5) is 22.7. The summed E-state index contributed by atoms with van der Waals surface area (Å²) in [5.74, 6) is 0.768. The first kappa shape index (κ1) is 26.3. The largest absolute Gasteiger partial charge is 0.431 e. The maximum absolute atomic E-state index is 12.4. The van der Waals surface area contributed by atoms with Crippen LogP contribution in [0.25, 0.3) is 0 Å². The van der Waals surface area contributed by atoms with Crippen LogP contribution in [0.3, 0.4) is 0 Å². The molecule has 5 unspecified atom stereocenters. The number of nitrogens with zero attached hydrogens (tertiary/aromatic N) is 1. The molecule has 1 aromatic heterocycles. The van der Waals surface area contributed by atoms with Gasteiger partial charge >= 0.3 is 5.63 Å². The summed E-state index contributed by atoms with van der Waals surface area (Å²) < 4.78 is 17.0. The van der Waals surface area contributed by atoms with Crippen LogP contribution in [0.4, 0.5) is 0 Å². The molecule has 2 heterocycles. The van der Waals surface area contributed by atoms with Crippen LogP contribution in [0.15, 0.2) is 44.4 Å². The third kappa shape index (κ3) is 3.80. The lowest BCUT2D eigenvalue weighted by atomic mass is 9.45. The molecule has 0 radical (unpaired) electrons. The van der Waals surface area contributed by atoms with Crippen molar-refractivity contribution >= 4 is 0 Å². The van der Waals surface area contributed by atoms with Gasteiger partial charge in [-0.2, -0.15) is 4.91 Å². The van der Waals surface area contributed by atoms with Gasteiger partial charge in [-0.1, -0.05) is 30.7 Å². The molecule has 4 N–H and O–H groups in total. The normalized spacial score (nSPS) is 48.4. The van der Waals surface area contributed by atoms with Crippen molar-refractivity contribution in [3.8, 4) is 0 Å². The van der Waals surface area contributed by atoms with Gasteiger partial charge in [0.05, 0.1) is 30.6 Å². The van der Waals surface area contributed by atoms with E-state index < -0.39 is 30.1 Å². The van der Waals surface area contributed by atoms with E-state index in [4.69, 9.17) is 19.6 Å². The van der Waals surface area contributed by atoms with Crippen LogP contribution >= 0.6 is 0 Å². The number of fused-ring (bicyclic) bond motifs is 5. The first-order chi connectivity index (χ1) is 18.1. The van der Waals surface area contributed by atoms with Crippen LogP contribution in [0.2, 0.25) is 0 Å². The average Bonchev–Trinajstić information content (AvgIpc) is 3.18. The molecule has 6 rings (SSSR count). The fourth-order valence-corrected chi connectivity index (χ4v) is 9.12. The highest BCUT2D eigenvalue weighted by Crippen LogP contribution is 2.70. The Balaban J connectivity index is 1.21. The molecule has 9 heteroatoms. The molecule has 0 amide bonds. The fraction of sp³-hybridized carbons (Fsp3) is 0.759. The topological polar surface area (TPSA) is 145 Å². The zero-order valence-electron chi connectivity index (χ0n) is 22.3. The fourth-order valence-electron chi connectivity index (χ4n) is 9.12. The number of aliphatic hydroxyl groups excluding tert-OH is 1. The molecule has 1 saturated heterocycles. The molecular weight excluding hydrogens is 488 g/mol. The van der Waals surface area contributed by atoms with E-state index in [1.807, 2.05) is 6.07 Å². The van der Waals surface area contributed by atoms with Crippen LogP contribution in [0.5, 0.6) is 0 Å². The van der Waals surface area contributed by atoms with Crippen LogP contribution in [0.1, 0.15) is 76.7 Å². The zero-order valence-corrected chi connectivity index (χ0v) is 22.3. The Morgan fingerprint density at radius 1 is 1.11 bits per heavy atom. The van der Waals surface area contributed by atoms with Gasteiger partial charge in [-0.3, -0.25) is 0 Å². The molecule has 1 aromatic rings. The van der Waals surface area contributed by atoms with Gasteiger partial charge < -0.3 is 29.8 Å². The summed E-state index contributed by atoms with van der Waals surface area (Å²) in [7, 11) is 0. The summed E-state index contributed by atoms with van der Waals surface area (Å²) in [6.07, 6.45) is 8.65. The van der Waals surface area contributed by atoms with E-state index in [1.54, 1.807) is 6.26 Å². The number of allylic oxidation sites excluding steroid dienone is 1. The van der Waals surface area contributed by atoms with Crippen molar-refractivity contribution in [3.63, 3.8) is 0 Å². The van der Waals surface area contributed by atoms with Crippen molar-refractivity contribution in [1.82, 2.24) is 0 Å². The Labute approximate surface area is 222 Å². The number of ether oxygens (including phenoxy) is 2. The summed E-state index contributed by atoms with van der Waals surface area (Å²) in [6.45, 7) is 4.72. The molecule has 11 atom stereocenters. The van der Waals surface area contributed by atoms with Crippen LogP contribution < -0.4 is 11.4 Å². The quantitative estimate of drug-likeness (QED) is 0.399. The van der Waals surface area contributed by atoms with E-state index in [9.17, 15) is 19.9 Å². The van der Waals surface area contributed by atoms with Gasteiger partial charge in [0.15, 0.2) is 6.29 Å². The maximum atomic E-state index is 12.4. The van der Waals surface area contributed by atoms with Crippen LogP contribution in [-0.2, 0) is 9.47 Å². The minimum atomic E-state index is -1.18. The van der Waals surface area contributed by atoms with E-state index in [2.05, 4.69) is 25.1 Å². The summed E-state index contributed by atoms with van der Waals surface area (Å²) in [5, 5.41) is 25.9. The second kappa shape index (κ2) is 9.34. The Morgan fingerprint density at radius 3 is 2.66 bits per heavy atom. The molecule has 0 spiro atoms. The standard InChI is InChI=1S/C29H40N2O7/c1-27-10-7-18(38-26-25(33)24(31-35)22(30)15-37-26)13-17(27)4-5-21-20(27)8-11-28(2)19(9-12-29(21,28)34)16-3-6-23(32)36-14-16/h3,6,13-14,18-22,24-26,33-34H,4-5,7-12,15,30H2,1-2H3/t18?,19-,20?,21?,22+,24-,25?,26?,27+,28-,29+/m1/s1. The molecule has 4 aliphatic carbocycles. The van der Waals surface area contributed by atoms with Gasteiger partial charge in [0.1, 0.15) is 12.1 Å². The monoisotopic (exact) mass is 528 g/mol. The van der Waals surface area contributed by atoms with Gasteiger partial charge in [0.2, 0.25) is 0 Å². The summed E-state index contributed by atoms with van der Waals surface area (Å²) >= 11 is 0. The molecule has 5 aliphatic rings. The van der Waals surface area contributed by atoms with Gasteiger partial charge in [0, 0.05) is 11.5 Å². The minimum Gasteiger partial charge on any atom is -0.431 e. The Hall–Kier alpha value is -1.91. The highest BCUT2D eigenvalue weighted by Gasteiger charge is 2.66. The van der Waals surface area contributed by atoms with Gasteiger partial charge in [-0.15, -0.1) is 0 Å². The van der Waals surface area contributed by atoms with Crippen molar-refractivity contribution in [1.29, 1.82) is 0 Å². The molecule has 4 fully saturated rings. The lowest BCUT2D eigenvalue weighted by Crippen LogP contribution is -2.60. The first-order valence-corrected chi connectivity index (χ1v) is 14.2. The van der Waals surface area contributed by atoms with E-state index in [0.717, 1.165) is 56.9 Å². The number of nitroso groups, excluding NO2 is 1. The maximum Gasteiger partial charge on any atom is 0.335 e. The first-order valence-electron chi connectivity index (χ1n) is 14.2. The second-order valence-corrected chi connectivity index (χ2v) is 12.9. The van der Waals surface area contributed by atoms with Crippen LogP contribution in [-0.4, -0.2) is 53.0 Å². The lowest BCUT2D eigenvalue weighted by molar-refractivity contribution is -0.238. The molecule has 0 bridgehead atoms. The Kier molecular flexibility index (Phi) is 6.47. The van der Waals surface area contributed by atoms with Gasteiger partial charge in [-0.05, 0) is 86.2 Å². The number of aliphatic hydroxyl groups is 2. The van der Waals surface area contributed by atoms with Crippen molar-refractivity contribution in [3.05, 3.63) is 50.9 Å². The predicted octanol–water partition coefficient (Wildman–Crippen LogP) is 3.37. The number of hydrogen-bond donors (Lipinski definition) is 3. The van der Waals surface area contributed by atoms with Crippen molar-refractivity contribution in [2.75, 3.05) is 6.61 Å². The highest BCUT2D eigenvalue weighted by atomic mass is 16.7. The zero-order chi connectivity index (χ0) is 26.9. The SMILES string of the molecule is C[C@]12CCC(OC3OC[C@H](N)[C@@H](N=O)C3O)C=C1CCC1C2CC[C@]2(C)[C@@H](c3ccc(=O)oc3)CC[C@]12O. The Morgan fingerprint density at radius 2 is 1.92 bits per heavy atom. The molecule has 208 valence electrons. The van der Waals surface area contributed by atoms with E-state index in [1.165, 1.54) is 11.6 Å². The Bertz CT molecular complexity index is 1150. The molecular formula is C29H40N2O7. The van der Waals surface area contributed by atoms with Gasteiger partial charge in [0.25, 0.3) is 0 Å². The van der Waals surface area contributed by atoms with Crippen molar-refractivity contribution < 1.29 is 24.1 Å². The minimum absolute atomic E-state index is 0.0151. The van der Waals surface area contributed by atoms with E-state index in [0.29, 0.717) is 5.92 Å². The molecule has 9 nitrogen and oxygen atoms in total. The predicted molar refractivity (Wildman–Crippen MR) is 139 cm³/mol. The molecule has 0 aromatic carbocycles. The van der Waals surface area contributed by atoms with Gasteiger partial charge in [-0.25, -0.2) is 4.79 Å². The molecule has 38 heavy (non-hydrogen) atoms. The molecule has 3 saturated carbocycles. The third-order valence-corrected chi connectivity index (χ3v) is 11.3. The molecule has 1 aliphatic heterocycles.